The molecule has 1 aliphatic heterocycles. The Bertz CT molecular complexity index is 966. The highest BCUT2D eigenvalue weighted by atomic mass is 19.4. The molecule has 0 N–H and O–H groups in total. The van der Waals surface area contributed by atoms with Gasteiger partial charge in [-0.2, -0.15) is 13.2 Å². The number of carbonyl (C=O) groups is 2. The number of likely N-dealkylation sites (tertiary alicyclic amines) is 1. The molecular weight excluding hydrogens is 449 g/mol. The standard InChI is InChI=1S/C25H29F3N2O4/c1-4-21-22(14-17(2)30(21)24(32)34-16-19-8-6-5-7-9-19)29(23(31)25(26,27)28)15-18-10-12-20(33-3)13-11-18/h5-13,17,21-22H,4,14-16H2,1-3H3/t17-,21+,22+/m1/s1. The molecule has 34 heavy (non-hydrogen) atoms. The van der Waals surface area contributed by atoms with E-state index in [1.54, 1.807) is 38.1 Å². The zero-order valence-electron chi connectivity index (χ0n) is 19.4. The highest BCUT2D eigenvalue weighted by molar-refractivity contribution is 5.82. The van der Waals surface area contributed by atoms with Crippen LogP contribution in [-0.4, -0.2) is 53.2 Å². The molecule has 184 valence electrons. The molecule has 2 amide bonds. The molecule has 9 heteroatoms. The predicted octanol–water partition coefficient (Wildman–Crippen LogP) is 5.16. The molecule has 2 aromatic rings. The van der Waals surface area contributed by atoms with E-state index in [1.807, 2.05) is 30.3 Å². The molecule has 1 heterocycles. The molecule has 3 rings (SSSR count). The average molecular weight is 479 g/mol. The van der Waals surface area contributed by atoms with Crippen molar-refractivity contribution >= 4 is 12.0 Å². The topological polar surface area (TPSA) is 59.1 Å². The Morgan fingerprint density at radius 1 is 1.06 bits per heavy atom. The summed E-state index contributed by atoms with van der Waals surface area (Å²) in [5.41, 5.74) is 1.34. The van der Waals surface area contributed by atoms with Crippen LogP contribution in [0.3, 0.4) is 0 Å². The van der Waals surface area contributed by atoms with E-state index in [1.165, 1.54) is 12.0 Å². The third-order valence-electron chi connectivity index (χ3n) is 6.11. The molecule has 1 fully saturated rings. The molecule has 0 aromatic heterocycles. The van der Waals surface area contributed by atoms with Crippen LogP contribution in [0.2, 0.25) is 0 Å². The molecule has 0 unspecified atom stereocenters. The lowest BCUT2D eigenvalue weighted by molar-refractivity contribution is -0.189. The summed E-state index contributed by atoms with van der Waals surface area (Å²) in [6, 6.07) is 13.8. The quantitative estimate of drug-likeness (QED) is 0.551. The van der Waals surface area contributed by atoms with Crippen LogP contribution in [0.4, 0.5) is 18.0 Å². The van der Waals surface area contributed by atoms with Gasteiger partial charge in [-0.3, -0.25) is 4.79 Å². The van der Waals surface area contributed by atoms with Crippen LogP contribution in [0.5, 0.6) is 5.75 Å². The van der Waals surface area contributed by atoms with Crippen LogP contribution in [0, 0.1) is 0 Å². The van der Waals surface area contributed by atoms with Gasteiger partial charge in [0.05, 0.1) is 19.2 Å². The number of hydrogen-bond acceptors (Lipinski definition) is 4. The Balaban J connectivity index is 1.82. The van der Waals surface area contributed by atoms with E-state index in [2.05, 4.69) is 0 Å². The van der Waals surface area contributed by atoms with Crippen molar-refractivity contribution in [1.82, 2.24) is 9.80 Å². The third-order valence-corrected chi connectivity index (χ3v) is 6.11. The van der Waals surface area contributed by atoms with Crippen molar-refractivity contribution in [2.75, 3.05) is 7.11 Å². The van der Waals surface area contributed by atoms with Crippen molar-refractivity contribution in [2.45, 2.75) is 64.1 Å². The maximum absolute atomic E-state index is 13.6. The number of ether oxygens (including phenoxy) is 2. The van der Waals surface area contributed by atoms with Crippen LogP contribution in [0.1, 0.15) is 37.8 Å². The minimum absolute atomic E-state index is 0.0566. The summed E-state index contributed by atoms with van der Waals surface area (Å²) >= 11 is 0. The van der Waals surface area contributed by atoms with Gasteiger partial charge in [0, 0.05) is 12.6 Å². The SMILES string of the molecule is CC[C@H]1[C@@H](N(Cc2ccc(OC)cc2)C(=O)C(F)(F)F)C[C@@H](C)N1C(=O)OCc1ccccc1. The zero-order valence-corrected chi connectivity index (χ0v) is 19.4. The molecular formula is C25H29F3N2O4. The fourth-order valence-corrected chi connectivity index (χ4v) is 4.48. The van der Waals surface area contributed by atoms with Gasteiger partial charge in [0.25, 0.3) is 0 Å². The maximum Gasteiger partial charge on any atom is 0.471 e. The van der Waals surface area contributed by atoms with E-state index in [0.29, 0.717) is 17.7 Å². The lowest BCUT2D eigenvalue weighted by Gasteiger charge is -2.35. The molecule has 0 saturated carbocycles. The Morgan fingerprint density at radius 3 is 2.26 bits per heavy atom. The number of rotatable bonds is 7. The Morgan fingerprint density at radius 2 is 1.71 bits per heavy atom. The van der Waals surface area contributed by atoms with E-state index in [0.717, 1.165) is 10.5 Å². The first kappa shape index (κ1) is 25.4. The summed E-state index contributed by atoms with van der Waals surface area (Å²) in [5.74, 6) is -1.36. The first-order chi connectivity index (χ1) is 16.2. The van der Waals surface area contributed by atoms with Crippen molar-refractivity contribution in [2.24, 2.45) is 0 Å². The molecule has 6 nitrogen and oxygen atoms in total. The average Bonchev–Trinajstić information content (AvgIpc) is 3.16. The van der Waals surface area contributed by atoms with Gasteiger partial charge in [0.15, 0.2) is 0 Å². The second-order valence-corrected chi connectivity index (χ2v) is 8.35. The van der Waals surface area contributed by atoms with Gasteiger partial charge in [-0.25, -0.2) is 4.79 Å². The van der Waals surface area contributed by atoms with Crippen LogP contribution in [0.25, 0.3) is 0 Å². The van der Waals surface area contributed by atoms with Gasteiger partial charge in [-0.15, -0.1) is 0 Å². The molecule has 0 spiro atoms. The largest absolute Gasteiger partial charge is 0.497 e. The van der Waals surface area contributed by atoms with Crippen molar-refractivity contribution in [3.05, 3.63) is 65.7 Å². The fraction of sp³-hybridized carbons (Fsp3) is 0.440. The Kier molecular flexibility index (Phi) is 8.06. The summed E-state index contributed by atoms with van der Waals surface area (Å²) < 4.78 is 51.2. The van der Waals surface area contributed by atoms with Crippen LogP contribution < -0.4 is 4.74 Å². The van der Waals surface area contributed by atoms with Crippen molar-refractivity contribution in [3.63, 3.8) is 0 Å². The van der Waals surface area contributed by atoms with Gasteiger partial charge in [-0.05, 0) is 43.0 Å². The van der Waals surface area contributed by atoms with Crippen LogP contribution in [-0.2, 0) is 22.7 Å². The Hall–Kier alpha value is -3.23. The summed E-state index contributed by atoms with van der Waals surface area (Å²) in [6.45, 7) is 3.37. The van der Waals surface area contributed by atoms with E-state index in [9.17, 15) is 22.8 Å². The van der Waals surface area contributed by atoms with Crippen molar-refractivity contribution < 1.29 is 32.2 Å². The third kappa shape index (κ3) is 5.81. The minimum atomic E-state index is -5.03. The van der Waals surface area contributed by atoms with E-state index in [-0.39, 0.29) is 19.6 Å². The molecule has 0 aliphatic carbocycles. The number of alkyl halides is 3. The van der Waals surface area contributed by atoms with Crippen LogP contribution in [0.15, 0.2) is 54.6 Å². The number of carbonyl (C=O) groups excluding carboxylic acids is 2. The minimum Gasteiger partial charge on any atom is -0.497 e. The predicted molar refractivity (Wildman–Crippen MR) is 120 cm³/mol. The monoisotopic (exact) mass is 478 g/mol. The second-order valence-electron chi connectivity index (χ2n) is 8.35. The Labute approximate surface area is 197 Å². The normalized spacial score (nSPS) is 20.2. The van der Waals surface area contributed by atoms with Crippen molar-refractivity contribution in [3.8, 4) is 5.75 Å². The number of benzene rings is 2. The first-order valence-corrected chi connectivity index (χ1v) is 11.2. The summed E-state index contributed by atoms with van der Waals surface area (Å²) in [6.07, 6.45) is -5.04. The van der Waals surface area contributed by atoms with Gasteiger partial charge < -0.3 is 19.3 Å². The smallest absolute Gasteiger partial charge is 0.471 e. The van der Waals surface area contributed by atoms with Gasteiger partial charge in [-0.1, -0.05) is 49.4 Å². The van der Waals surface area contributed by atoms with Gasteiger partial charge in [0.2, 0.25) is 0 Å². The summed E-state index contributed by atoms with van der Waals surface area (Å²) in [7, 11) is 1.49. The highest BCUT2D eigenvalue weighted by Crippen LogP contribution is 2.34. The molecule has 1 aliphatic rings. The summed E-state index contributed by atoms with van der Waals surface area (Å²) in [5, 5.41) is 0. The zero-order chi connectivity index (χ0) is 24.9. The van der Waals surface area contributed by atoms with Gasteiger partial charge >= 0.3 is 18.2 Å². The fourth-order valence-electron chi connectivity index (χ4n) is 4.48. The first-order valence-electron chi connectivity index (χ1n) is 11.2. The molecule has 1 saturated heterocycles. The summed E-state index contributed by atoms with van der Waals surface area (Å²) in [4.78, 5) is 27.7. The number of hydrogen-bond donors (Lipinski definition) is 0. The highest BCUT2D eigenvalue weighted by Gasteiger charge is 2.51. The number of halogens is 3. The number of amides is 2. The molecule has 3 atom stereocenters. The second kappa shape index (κ2) is 10.8. The van der Waals surface area contributed by atoms with E-state index >= 15 is 0 Å². The molecule has 0 radical (unpaired) electrons. The lowest BCUT2D eigenvalue weighted by Crippen LogP contribution is -2.52. The lowest BCUT2D eigenvalue weighted by atomic mass is 10.0. The molecule has 2 aromatic carbocycles. The molecule has 0 bridgehead atoms. The van der Waals surface area contributed by atoms with E-state index in [4.69, 9.17) is 9.47 Å². The maximum atomic E-state index is 13.6. The van der Waals surface area contributed by atoms with Gasteiger partial charge in [0.1, 0.15) is 12.4 Å². The number of nitrogens with zero attached hydrogens (tertiary/aromatic N) is 2. The van der Waals surface area contributed by atoms with Crippen LogP contribution >= 0.6 is 0 Å². The van der Waals surface area contributed by atoms with E-state index < -0.39 is 36.3 Å². The number of methoxy groups -OCH3 is 1. The van der Waals surface area contributed by atoms with Crippen molar-refractivity contribution in [1.29, 1.82) is 0 Å².